The lowest BCUT2D eigenvalue weighted by molar-refractivity contribution is -0.115. The van der Waals surface area contributed by atoms with Gasteiger partial charge in [0.25, 0.3) is 0 Å². The molecule has 0 aromatic heterocycles. The predicted molar refractivity (Wildman–Crippen MR) is 76.2 cm³/mol. The van der Waals surface area contributed by atoms with Gasteiger partial charge in [0.15, 0.2) is 0 Å². The summed E-state index contributed by atoms with van der Waals surface area (Å²) < 4.78 is 5.32. The summed E-state index contributed by atoms with van der Waals surface area (Å²) in [5, 5.41) is 6.05. The first-order chi connectivity index (χ1) is 9.24. The largest absolute Gasteiger partial charge is 0.381 e. The van der Waals surface area contributed by atoms with E-state index in [4.69, 9.17) is 4.74 Å². The third-order valence-electron chi connectivity index (χ3n) is 3.37. The number of rotatable bonds is 6. The molecule has 1 aliphatic rings. The third-order valence-corrected chi connectivity index (χ3v) is 3.37. The van der Waals surface area contributed by atoms with E-state index in [-0.39, 0.29) is 5.91 Å². The van der Waals surface area contributed by atoms with Crippen LogP contribution in [0.4, 0.5) is 5.69 Å². The number of anilines is 1. The van der Waals surface area contributed by atoms with E-state index in [1.807, 2.05) is 31.2 Å². The highest BCUT2D eigenvalue weighted by Crippen LogP contribution is 2.15. The first-order valence-corrected chi connectivity index (χ1v) is 6.89. The van der Waals surface area contributed by atoms with Crippen molar-refractivity contribution in [3.8, 4) is 0 Å². The van der Waals surface area contributed by atoms with Crippen LogP contribution in [-0.2, 0) is 9.53 Å². The van der Waals surface area contributed by atoms with Crippen LogP contribution in [0.15, 0.2) is 24.3 Å². The molecule has 0 aliphatic carbocycles. The Kier molecular flexibility index (Phi) is 5.36. The molecule has 1 atom stereocenters. The number of benzene rings is 1. The Hall–Kier alpha value is -1.39. The minimum Gasteiger partial charge on any atom is -0.381 e. The summed E-state index contributed by atoms with van der Waals surface area (Å²) >= 11 is 0. The molecule has 2 N–H and O–H groups in total. The number of hydrogen-bond donors (Lipinski definition) is 2. The van der Waals surface area contributed by atoms with Gasteiger partial charge >= 0.3 is 0 Å². The molecule has 4 nitrogen and oxygen atoms in total. The maximum Gasteiger partial charge on any atom is 0.238 e. The van der Waals surface area contributed by atoms with Gasteiger partial charge in [0.2, 0.25) is 5.91 Å². The van der Waals surface area contributed by atoms with E-state index in [1.54, 1.807) is 0 Å². The Bertz CT molecular complexity index is 397. The molecule has 104 valence electrons. The van der Waals surface area contributed by atoms with Crippen molar-refractivity contribution < 1.29 is 9.53 Å². The monoisotopic (exact) mass is 262 g/mol. The molecule has 1 heterocycles. The Balaban J connectivity index is 1.60. The normalized spacial score (nSPS) is 18.5. The minimum absolute atomic E-state index is 0.00604. The Labute approximate surface area is 114 Å². The highest BCUT2D eigenvalue weighted by molar-refractivity contribution is 5.92. The average Bonchev–Trinajstić information content (AvgIpc) is 2.91. The van der Waals surface area contributed by atoms with Crippen LogP contribution in [0.3, 0.4) is 0 Å². The van der Waals surface area contributed by atoms with Crippen LogP contribution in [-0.4, -0.2) is 32.2 Å². The highest BCUT2D eigenvalue weighted by atomic mass is 16.5. The van der Waals surface area contributed by atoms with Crippen molar-refractivity contribution in [3.05, 3.63) is 29.8 Å². The van der Waals surface area contributed by atoms with Crippen LogP contribution in [0.5, 0.6) is 0 Å². The van der Waals surface area contributed by atoms with E-state index in [2.05, 4.69) is 10.6 Å². The van der Waals surface area contributed by atoms with E-state index >= 15 is 0 Å². The Morgan fingerprint density at radius 2 is 2.16 bits per heavy atom. The van der Waals surface area contributed by atoms with Gasteiger partial charge in [0, 0.05) is 18.9 Å². The molecule has 19 heavy (non-hydrogen) atoms. The minimum atomic E-state index is 0.00604. The first-order valence-electron chi connectivity index (χ1n) is 6.89. The van der Waals surface area contributed by atoms with Gasteiger partial charge in [-0.2, -0.15) is 0 Å². The molecule has 0 spiro atoms. The van der Waals surface area contributed by atoms with Crippen molar-refractivity contribution in [1.29, 1.82) is 0 Å². The standard InChI is InChI=1S/C15H22N2O2/c1-12-2-4-14(5-3-12)17-15(18)10-16-8-6-13-7-9-19-11-13/h2-5,13,16H,6-11H2,1H3,(H,17,18). The smallest absolute Gasteiger partial charge is 0.238 e. The number of nitrogens with one attached hydrogen (secondary N) is 2. The molecule has 0 saturated carbocycles. The zero-order valence-electron chi connectivity index (χ0n) is 11.4. The van der Waals surface area contributed by atoms with Gasteiger partial charge in [-0.15, -0.1) is 0 Å². The Morgan fingerprint density at radius 1 is 1.37 bits per heavy atom. The van der Waals surface area contributed by atoms with Gasteiger partial charge in [-0.25, -0.2) is 0 Å². The SMILES string of the molecule is Cc1ccc(NC(=O)CNCCC2CCOC2)cc1. The van der Waals surface area contributed by atoms with Gasteiger partial charge in [-0.3, -0.25) is 4.79 Å². The summed E-state index contributed by atoms with van der Waals surface area (Å²) in [4.78, 5) is 11.7. The lowest BCUT2D eigenvalue weighted by atomic mass is 10.1. The van der Waals surface area contributed by atoms with Crippen molar-refractivity contribution in [3.63, 3.8) is 0 Å². The molecule has 1 aromatic carbocycles. The van der Waals surface area contributed by atoms with E-state index in [0.717, 1.165) is 38.3 Å². The summed E-state index contributed by atoms with van der Waals surface area (Å²) in [6.07, 6.45) is 2.23. The van der Waals surface area contributed by atoms with Gasteiger partial charge < -0.3 is 15.4 Å². The van der Waals surface area contributed by atoms with Crippen molar-refractivity contribution in [2.24, 2.45) is 5.92 Å². The fourth-order valence-electron chi connectivity index (χ4n) is 2.16. The highest BCUT2D eigenvalue weighted by Gasteiger charge is 2.14. The molecule has 1 fully saturated rings. The fraction of sp³-hybridized carbons (Fsp3) is 0.533. The lowest BCUT2D eigenvalue weighted by Gasteiger charge is -2.09. The van der Waals surface area contributed by atoms with Crippen LogP contribution in [0.2, 0.25) is 0 Å². The number of hydrogen-bond acceptors (Lipinski definition) is 3. The molecular weight excluding hydrogens is 240 g/mol. The predicted octanol–water partition coefficient (Wildman–Crippen LogP) is 1.95. The number of carbonyl (C=O) groups excluding carboxylic acids is 1. The molecule has 1 aliphatic heterocycles. The van der Waals surface area contributed by atoms with Gasteiger partial charge in [-0.1, -0.05) is 17.7 Å². The summed E-state index contributed by atoms with van der Waals surface area (Å²) in [6.45, 7) is 5.02. The Morgan fingerprint density at radius 3 is 2.84 bits per heavy atom. The van der Waals surface area contributed by atoms with Crippen LogP contribution < -0.4 is 10.6 Å². The first kappa shape index (κ1) is 14.0. The third kappa shape index (κ3) is 5.01. The molecule has 1 unspecified atom stereocenters. The zero-order valence-corrected chi connectivity index (χ0v) is 11.4. The van der Waals surface area contributed by atoms with E-state index in [1.165, 1.54) is 5.56 Å². The van der Waals surface area contributed by atoms with Gasteiger partial charge in [-0.05, 0) is 44.4 Å². The fourth-order valence-corrected chi connectivity index (χ4v) is 2.16. The maximum absolute atomic E-state index is 11.7. The average molecular weight is 262 g/mol. The van der Waals surface area contributed by atoms with E-state index in [9.17, 15) is 4.79 Å². The van der Waals surface area contributed by atoms with Gasteiger partial charge in [0.05, 0.1) is 6.54 Å². The number of amides is 1. The summed E-state index contributed by atoms with van der Waals surface area (Å²) in [5.41, 5.74) is 2.04. The summed E-state index contributed by atoms with van der Waals surface area (Å²) in [5.74, 6) is 0.666. The number of aryl methyl sites for hydroxylation is 1. The lowest BCUT2D eigenvalue weighted by Crippen LogP contribution is -2.29. The molecular formula is C15H22N2O2. The van der Waals surface area contributed by atoms with Crippen LogP contribution in [0.25, 0.3) is 0 Å². The molecule has 1 saturated heterocycles. The molecule has 0 radical (unpaired) electrons. The van der Waals surface area contributed by atoms with Crippen molar-refractivity contribution in [2.45, 2.75) is 19.8 Å². The number of ether oxygens (including phenoxy) is 1. The van der Waals surface area contributed by atoms with Crippen molar-refractivity contribution >= 4 is 11.6 Å². The second kappa shape index (κ2) is 7.26. The van der Waals surface area contributed by atoms with Crippen LogP contribution in [0, 0.1) is 12.8 Å². The number of carbonyl (C=O) groups is 1. The molecule has 0 bridgehead atoms. The van der Waals surface area contributed by atoms with E-state index < -0.39 is 0 Å². The topological polar surface area (TPSA) is 50.4 Å². The maximum atomic E-state index is 11.7. The molecule has 2 rings (SSSR count). The van der Waals surface area contributed by atoms with E-state index in [0.29, 0.717) is 12.5 Å². The quantitative estimate of drug-likeness (QED) is 0.770. The molecule has 1 aromatic rings. The van der Waals surface area contributed by atoms with Crippen molar-refractivity contribution in [1.82, 2.24) is 5.32 Å². The molecule has 4 heteroatoms. The second-order valence-corrected chi connectivity index (χ2v) is 5.11. The summed E-state index contributed by atoms with van der Waals surface area (Å²) in [7, 11) is 0. The summed E-state index contributed by atoms with van der Waals surface area (Å²) in [6, 6.07) is 7.82. The van der Waals surface area contributed by atoms with Gasteiger partial charge in [0.1, 0.15) is 0 Å². The van der Waals surface area contributed by atoms with Crippen molar-refractivity contribution in [2.75, 3.05) is 31.6 Å². The van der Waals surface area contributed by atoms with Crippen LogP contribution in [0.1, 0.15) is 18.4 Å². The molecule has 1 amide bonds. The zero-order chi connectivity index (χ0) is 13.5. The second-order valence-electron chi connectivity index (χ2n) is 5.11. The van der Waals surface area contributed by atoms with Crippen LogP contribution >= 0.6 is 0 Å².